The lowest BCUT2D eigenvalue weighted by atomic mass is 10.1. The third-order valence-electron chi connectivity index (χ3n) is 2.15. The lowest BCUT2D eigenvalue weighted by molar-refractivity contribution is -0.120. The fourth-order valence-electron chi connectivity index (χ4n) is 1.32. The zero-order chi connectivity index (χ0) is 11.8. The molecule has 1 amide bonds. The maximum atomic E-state index is 11.5. The van der Waals surface area contributed by atoms with Crippen LogP contribution in [0.15, 0.2) is 24.3 Å². The topological polar surface area (TPSA) is 41.1 Å². The molecule has 0 saturated heterocycles. The van der Waals surface area contributed by atoms with Crippen molar-refractivity contribution in [2.24, 2.45) is 0 Å². The second kappa shape index (κ2) is 7.25. The van der Waals surface area contributed by atoms with Gasteiger partial charge in [0, 0.05) is 18.1 Å². The summed E-state index contributed by atoms with van der Waals surface area (Å²) in [6, 6.07) is 7.32. The fourth-order valence-corrected chi connectivity index (χ4v) is 1.44. The van der Waals surface area contributed by atoms with Crippen molar-refractivity contribution in [1.29, 1.82) is 0 Å². The molecule has 0 heterocycles. The second-order valence-corrected chi connectivity index (χ2v) is 3.94. The van der Waals surface area contributed by atoms with Crippen LogP contribution in [0.2, 0.25) is 5.02 Å². The molecule has 88 valence electrons. The van der Waals surface area contributed by atoms with Crippen molar-refractivity contribution in [2.45, 2.75) is 13.3 Å². The van der Waals surface area contributed by atoms with Crippen LogP contribution in [0.5, 0.6) is 0 Å². The van der Waals surface area contributed by atoms with E-state index in [9.17, 15) is 4.79 Å². The van der Waals surface area contributed by atoms with E-state index in [1.165, 1.54) is 0 Å². The summed E-state index contributed by atoms with van der Waals surface area (Å²) in [7, 11) is 0. The molecule has 1 aromatic rings. The molecule has 1 aromatic carbocycles. The summed E-state index contributed by atoms with van der Waals surface area (Å²) in [4.78, 5) is 11.5. The number of halogens is 1. The number of carbonyl (C=O) groups excluding carboxylic acids is 1. The van der Waals surface area contributed by atoms with E-state index in [2.05, 4.69) is 10.6 Å². The third-order valence-corrected chi connectivity index (χ3v) is 2.40. The van der Waals surface area contributed by atoms with Gasteiger partial charge >= 0.3 is 0 Å². The number of likely N-dealkylation sites (N-methyl/N-ethyl adjacent to an activating group) is 1. The highest BCUT2D eigenvalue weighted by atomic mass is 35.5. The van der Waals surface area contributed by atoms with E-state index in [0.717, 1.165) is 18.7 Å². The number of amides is 1. The third kappa shape index (κ3) is 5.14. The molecule has 0 spiro atoms. The monoisotopic (exact) mass is 240 g/mol. The molecule has 4 heteroatoms. The molecule has 0 saturated carbocycles. The molecular formula is C12H17ClN2O. The van der Waals surface area contributed by atoms with Crippen molar-refractivity contribution >= 4 is 17.5 Å². The van der Waals surface area contributed by atoms with Gasteiger partial charge in [0.2, 0.25) is 5.91 Å². The Balaban J connectivity index is 2.26. The largest absolute Gasteiger partial charge is 0.355 e. The van der Waals surface area contributed by atoms with E-state index in [1.807, 2.05) is 19.1 Å². The van der Waals surface area contributed by atoms with E-state index in [1.54, 1.807) is 12.1 Å². The number of nitrogens with one attached hydrogen (secondary N) is 2. The van der Waals surface area contributed by atoms with E-state index >= 15 is 0 Å². The average Bonchev–Trinajstić information content (AvgIpc) is 2.28. The van der Waals surface area contributed by atoms with Crippen LogP contribution >= 0.6 is 11.6 Å². The lowest BCUT2D eigenvalue weighted by Gasteiger charge is -2.05. The Labute approximate surface area is 101 Å². The molecule has 0 aliphatic heterocycles. The van der Waals surface area contributed by atoms with Crippen LogP contribution in [0.25, 0.3) is 0 Å². The maximum Gasteiger partial charge on any atom is 0.224 e. The smallest absolute Gasteiger partial charge is 0.224 e. The lowest BCUT2D eigenvalue weighted by Crippen LogP contribution is -2.32. The van der Waals surface area contributed by atoms with Gasteiger partial charge in [-0.15, -0.1) is 0 Å². The van der Waals surface area contributed by atoms with Crippen molar-refractivity contribution in [2.75, 3.05) is 19.6 Å². The first-order valence-electron chi connectivity index (χ1n) is 5.44. The molecule has 0 atom stereocenters. The molecule has 0 fully saturated rings. The minimum atomic E-state index is 0.0419. The van der Waals surface area contributed by atoms with E-state index in [0.29, 0.717) is 18.0 Å². The first-order valence-corrected chi connectivity index (χ1v) is 5.82. The van der Waals surface area contributed by atoms with Crippen LogP contribution in [0.4, 0.5) is 0 Å². The van der Waals surface area contributed by atoms with Gasteiger partial charge in [-0.2, -0.15) is 0 Å². The summed E-state index contributed by atoms with van der Waals surface area (Å²) in [6.45, 7) is 4.44. The zero-order valence-electron chi connectivity index (χ0n) is 9.42. The van der Waals surface area contributed by atoms with Crippen LogP contribution in [-0.2, 0) is 11.2 Å². The van der Waals surface area contributed by atoms with Gasteiger partial charge in [-0.3, -0.25) is 4.79 Å². The van der Waals surface area contributed by atoms with Gasteiger partial charge in [0.15, 0.2) is 0 Å². The van der Waals surface area contributed by atoms with Gasteiger partial charge in [-0.25, -0.2) is 0 Å². The second-order valence-electron chi connectivity index (χ2n) is 3.51. The molecule has 0 bridgehead atoms. The van der Waals surface area contributed by atoms with E-state index in [-0.39, 0.29) is 5.91 Å². The Morgan fingerprint density at radius 2 is 1.94 bits per heavy atom. The minimum Gasteiger partial charge on any atom is -0.355 e. The van der Waals surface area contributed by atoms with Gasteiger partial charge in [0.1, 0.15) is 0 Å². The first-order chi connectivity index (χ1) is 7.72. The van der Waals surface area contributed by atoms with Gasteiger partial charge in [-0.1, -0.05) is 30.7 Å². The number of hydrogen-bond donors (Lipinski definition) is 2. The number of benzene rings is 1. The van der Waals surface area contributed by atoms with Crippen molar-refractivity contribution < 1.29 is 4.79 Å². The molecule has 0 aliphatic carbocycles. The van der Waals surface area contributed by atoms with Crippen molar-refractivity contribution in [1.82, 2.24) is 10.6 Å². The summed E-state index contributed by atoms with van der Waals surface area (Å²) in [5.74, 6) is 0.0419. The van der Waals surface area contributed by atoms with Crippen LogP contribution in [0.1, 0.15) is 12.5 Å². The average molecular weight is 241 g/mol. The highest BCUT2D eigenvalue weighted by Crippen LogP contribution is 2.09. The summed E-state index contributed by atoms with van der Waals surface area (Å²) in [6.07, 6.45) is 0.406. The van der Waals surface area contributed by atoms with Crippen molar-refractivity contribution in [3.8, 4) is 0 Å². The Kier molecular flexibility index (Phi) is 5.90. The molecule has 16 heavy (non-hydrogen) atoms. The van der Waals surface area contributed by atoms with E-state index in [4.69, 9.17) is 11.6 Å². The quantitative estimate of drug-likeness (QED) is 0.742. The van der Waals surface area contributed by atoms with Crippen molar-refractivity contribution in [3.63, 3.8) is 0 Å². The number of hydrogen-bond acceptors (Lipinski definition) is 2. The van der Waals surface area contributed by atoms with Crippen LogP contribution in [-0.4, -0.2) is 25.5 Å². The SMILES string of the molecule is CCNCCNC(=O)Cc1ccc(Cl)cc1. The molecule has 3 nitrogen and oxygen atoms in total. The summed E-state index contributed by atoms with van der Waals surface area (Å²) >= 11 is 5.76. The van der Waals surface area contributed by atoms with Gasteiger partial charge in [0.05, 0.1) is 6.42 Å². The predicted molar refractivity (Wildman–Crippen MR) is 66.7 cm³/mol. The molecule has 0 radical (unpaired) electrons. The number of rotatable bonds is 6. The van der Waals surface area contributed by atoms with Crippen LogP contribution < -0.4 is 10.6 Å². The van der Waals surface area contributed by atoms with Gasteiger partial charge in [0.25, 0.3) is 0 Å². The predicted octanol–water partition coefficient (Wildman–Crippen LogP) is 1.61. The van der Waals surface area contributed by atoms with Crippen LogP contribution in [0.3, 0.4) is 0 Å². The molecular weight excluding hydrogens is 224 g/mol. The van der Waals surface area contributed by atoms with Gasteiger partial charge < -0.3 is 10.6 Å². The normalized spacial score (nSPS) is 10.1. The molecule has 0 aromatic heterocycles. The highest BCUT2D eigenvalue weighted by molar-refractivity contribution is 6.30. The molecule has 2 N–H and O–H groups in total. The summed E-state index contributed by atoms with van der Waals surface area (Å²) in [5.41, 5.74) is 0.977. The molecule has 0 unspecified atom stereocenters. The zero-order valence-corrected chi connectivity index (χ0v) is 10.2. The minimum absolute atomic E-state index is 0.0419. The summed E-state index contributed by atoms with van der Waals surface area (Å²) < 4.78 is 0. The Morgan fingerprint density at radius 1 is 1.25 bits per heavy atom. The highest BCUT2D eigenvalue weighted by Gasteiger charge is 2.01. The first kappa shape index (κ1) is 13.0. The van der Waals surface area contributed by atoms with E-state index < -0.39 is 0 Å². The standard InChI is InChI=1S/C12H17ClN2O/c1-2-14-7-8-15-12(16)9-10-3-5-11(13)6-4-10/h3-6,14H,2,7-9H2,1H3,(H,15,16). The fraction of sp³-hybridized carbons (Fsp3) is 0.417. The maximum absolute atomic E-state index is 11.5. The Hall–Kier alpha value is -1.06. The Morgan fingerprint density at radius 3 is 2.56 bits per heavy atom. The Bertz CT molecular complexity index is 324. The van der Waals surface area contributed by atoms with Gasteiger partial charge in [-0.05, 0) is 24.2 Å². The molecule has 0 aliphatic rings. The van der Waals surface area contributed by atoms with Crippen LogP contribution in [0, 0.1) is 0 Å². The molecule has 1 rings (SSSR count). The summed E-state index contributed by atoms with van der Waals surface area (Å²) in [5, 5.41) is 6.68. The number of carbonyl (C=O) groups is 1. The van der Waals surface area contributed by atoms with Crippen molar-refractivity contribution in [3.05, 3.63) is 34.9 Å².